The van der Waals surface area contributed by atoms with Crippen LogP contribution in [0.5, 0.6) is 0 Å². The summed E-state index contributed by atoms with van der Waals surface area (Å²) >= 11 is 3.82. The van der Waals surface area contributed by atoms with Gasteiger partial charge in [-0.15, -0.1) is 0 Å². The molecule has 14 heavy (non-hydrogen) atoms. The van der Waals surface area contributed by atoms with Gasteiger partial charge in [-0.05, 0) is 43.9 Å². The van der Waals surface area contributed by atoms with Crippen molar-refractivity contribution in [3.63, 3.8) is 0 Å². The maximum absolute atomic E-state index is 11.3. The minimum Gasteiger partial charge on any atom is -0.469 e. The third kappa shape index (κ3) is 1.83. The number of carbonyl (C=O) groups is 1. The van der Waals surface area contributed by atoms with Gasteiger partial charge in [0, 0.05) is 4.32 Å². The molecule has 0 atom stereocenters. The van der Waals surface area contributed by atoms with Crippen molar-refractivity contribution in [2.75, 3.05) is 7.11 Å². The predicted molar refractivity (Wildman–Crippen MR) is 58.4 cm³/mol. The number of hydrogen-bond donors (Lipinski definition) is 0. The molecule has 3 aliphatic carbocycles. The minimum atomic E-state index is -0.0334. The Balaban J connectivity index is 2.01. The van der Waals surface area contributed by atoms with Gasteiger partial charge in [-0.1, -0.05) is 15.9 Å². The highest BCUT2D eigenvalue weighted by atomic mass is 79.9. The second-order valence-corrected chi connectivity index (χ2v) is 6.59. The first kappa shape index (κ1) is 10.5. The number of esters is 1. The average molecular weight is 261 g/mol. The summed E-state index contributed by atoms with van der Waals surface area (Å²) in [6.45, 7) is 0. The number of carbonyl (C=O) groups excluding carboxylic acids is 1. The monoisotopic (exact) mass is 260 g/mol. The molecule has 0 N–H and O–H groups in total. The molecular weight excluding hydrogens is 244 g/mol. The summed E-state index contributed by atoms with van der Waals surface area (Å²) < 4.78 is 5.18. The van der Waals surface area contributed by atoms with E-state index in [4.69, 9.17) is 4.74 Å². The quantitative estimate of drug-likeness (QED) is 0.564. The van der Waals surface area contributed by atoms with Crippen molar-refractivity contribution in [3.05, 3.63) is 0 Å². The van der Waals surface area contributed by atoms with Crippen LogP contribution >= 0.6 is 15.9 Å². The summed E-state index contributed by atoms with van der Waals surface area (Å²) in [7, 11) is 1.49. The van der Waals surface area contributed by atoms with Crippen molar-refractivity contribution in [3.8, 4) is 0 Å². The van der Waals surface area contributed by atoms with Gasteiger partial charge in [-0.2, -0.15) is 0 Å². The van der Waals surface area contributed by atoms with Gasteiger partial charge < -0.3 is 4.74 Å². The van der Waals surface area contributed by atoms with Crippen LogP contribution in [-0.4, -0.2) is 17.4 Å². The average Bonchev–Trinajstić information content (AvgIpc) is 2.20. The fraction of sp³-hybridized carbons (Fsp3) is 0.909. The van der Waals surface area contributed by atoms with Gasteiger partial charge in [0.2, 0.25) is 0 Å². The second-order valence-electron chi connectivity index (χ2n) is 4.90. The van der Waals surface area contributed by atoms with Gasteiger partial charge >= 0.3 is 5.97 Å². The number of halogens is 1. The maximum atomic E-state index is 11.3. The fourth-order valence-corrected chi connectivity index (χ4v) is 3.46. The Kier molecular flexibility index (Phi) is 2.63. The van der Waals surface area contributed by atoms with Crippen molar-refractivity contribution in [1.29, 1.82) is 0 Å². The smallest absolute Gasteiger partial charge is 0.306 e. The third-order valence-electron chi connectivity index (χ3n) is 4.06. The van der Waals surface area contributed by atoms with Gasteiger partial charge in [0.25, 0.3) is 0 Å². The lowest BCUT2D eigenvalue weighted by Crippen LogP contribution is -2.43. The minimum absolute atomic E-state index is 0.0334. The number of fused-ring (bicyclic) bond motifs is 3. The normalized spacial score (nSPS) is 41.0. The highest BCUT2D eigenvalue weighted by Gasteiger charge is 2.48. The van der Waals surface area contributed by atoms with Crippen LogP contribution in [0.3, 0.4) is 0 Å². The summed E-state index contributed by atoms with van der Waals surface area (Å²) in [6.07, 6.45) is 7.87. The Bertz CT molecular complexity index is 225. The zero-order chi connectivity index (χ0) is 10.2. The number of alkyl halides is 1. The Hall–Kier alpha value is -0.0500. The van der Waals surface area contributed by atoms with Crippen LogP contribution in [0, 0.1) is 5.41 Å². The molecule has 3 saturated carbocycles. The number of methoxy groups -OCH3 is 1. The standard InChI is InChI=1S/C11H17BrO2/c1-14-9(13)8-10-2-5-11(12,6-3-10)7-4-10/h2-8H2,1H3. The fourth-order valence-electron chi connectivity index (χ4n) is 2.86. The number of ether oxygens (including phenoxy) is 1. The summed E-state index contributed by atoms with van der Waals surface area (Å²) in [4.78, 5) is 11.3. The van der Waals surface area contributed by atoms with E-state index in [0.717, 1.165) is 0 Å². The predicted octanol–water partition coefficient (Wildman–Crippen LogP) is 3.04. The number of rotatable bonds is 2. The van der Waals surface area contributed by atoms with Crippen molar-refractivity contribution < 1.29 is 9.53 Å². The lowest BCUT2D eigenvalue weighted by Gasteiger charge is -2.50. The molecule has 0 aliphatic heterocycles. The van der Waals surface area contributed by atoms with E-state index in [2.05, 4.69) is 15.9 Å². The molecule has 0 aromatic rings. The van der Waals surface area contributed by atoms with E-state index in [0.29, 0.717) is 10.7 Å². The Labute approximate surface area is 93.5 Å². The first-order valence-electron chi connectivity index (χ1n) is 5.33. The van der Waals surface area contributed by atoms with Gasteiger partial charge in [0.1, 0.15) is 0 Å². The highest BCUT2D eigenvalue weighted by molar-refractivity contribution is 9.10. The van der Waals surface area contributed by atoms with Crippen molar-refractivity contribution in [2.45, 2.75) is 49.3 Å². The first-order valence-corrected chi connectivity index (χ1v) is 6.13. The van der Waals surface area contributed by atoms with Gasteiger partial charge in [-0.25, -0.2) is 0 Å². The molecule has 0 heterocycles. The van der Waals surface area contributed by atoms with E-state index in [1.54, 1.807) is 0 Å². The number of hydrogen-bond acceptors (Lipinski definition) is 2. The van der Waals surface area contributed by atoms with Crippen molar-refractivity contribution in [2.24, 2.45) is 5.41 Å². The second kappa shape index (κ2) is 3.51. The topological polar surface area (TPSA) is 26.3 Å². The van der Waals surface area contributed by atoms with Crippen molar-refractivity contribution >= 4 is 21.9 Å². The molecule has 3 heteroatoms. The van der Waals surface area contributed by atoms with Crippen LogP contribution in [0.2, 0.25) is 0 Å². The molecule has 3 aliphatic rings. The zero-order valence-electron chi connectivity index (χ0n) is 8.64. The lowest BCUT2D eigenvalue weighted by atomic mass is 9.59. The summed E-state index contributed by atoms with van der Waals surface area (Å²) in [5.74, 6) is -0.0334. The molecule has 3 fully saturated rings. The van der Waals surface area contributed by atoms with E-state index >= 15 is 0 Å². The summed E-state index contributed by atoms with van der Waals surface area (Å²) in [5.41, 5.74) is 0.280. The van der Waals surface area contributed by atoms with E-state index in [9.17, 15) is 4.79 Å². The van der Waals surface area contributed by atoms with E-state index in [1.165, 1.54) is 45.6 Å². The summed E-state index contributed by atoms with van der Waals surface area (Å²) in [6, 6.07) is 0. The third-order valence-corrected chi connectivity index (χ3v) is 5.25. The van der Waals surface area contributed by atoms with Gasteiger partial charge in [0.15, 0.2) is 0 Å². The molecular formula is C11H17BrO2. The molecule has 2 bridgehead atoms. The SMILES string of the molecule is COC(=O)CC12CCC(Br)(CC1)CC2. The van der Waals surface area contributed by atoms with E-state index in [-0.39, 0.29) is 11.4 Å². The van der Waals surface area contributed by atoms with Crippen LogP contribution in [0.25, 0.3) is 0 Å². The molecule has 3 rings (SSSR count). The van der Waals surface area contributed by atoms with Gasteiger partial charge in [-0.3, -0.25) is 4.79 Å². The zero-order valence-corrected chi connectivity index (χ0v) is 10.2. The van der Waals surface area contributed by atoms with E-state index < -0.39 is 0 Å². The van der Waals surface area contributed by atoms with Crippen LogP contribution in [-0.2, 0) is 9.53 Å². The Morgan fingerprint density at radius 1 is 1.21 bits per heavy atom. The largest absolute Gasteiger partial charge is 0.469 e. The molecule has 0 unspecified atom stereocenters. The van der Waals surface area contributed by atoms with Crippen LogP contribution in [0.1, 0.15) is 44.9 Å². The molecule has 0 spiro atoms. The Morgan fingerprint density at radius 3 is 2.14 bits per heavy atom. The maximum Gasteiger partial charge on any atom is 0.306 e. The molecule has 0 amide bonds. The van der Waals surface area contributed by atoms with Gasteiger partial charge in [0.05, 0.1) is 13.5 Å². The first-order chi connectivity index (χ1) is 6.58. The summed E-state index contributed by atoms with van der Waals surface area (Å²) in [5, 5.41) is 0. The molecule has 0 radical (unpaired) electrons. The Morgan fingerprint density at radius 2 is 1.71 bits per heavy atom. The molecule has 80 valence electrons. The van der Waals surface area contributed by atoms with Crippen LogP contribution in [0.4, 0.5) is 0 Å². The van der Waals surface area contributed by atoms with Crippen LogP contribution in [0.15, 0.2) is 0 Å². The van der Waals surface area contributed by atoms with Crippen molar-refractivity contribution in [1.82, 2.24) is 0 Å². The highest BCUT2D eigenvalue weighted by Crippen LogP contribution is 2.57. The van der Waals surface area contributed by atoms with E-state index in [1.807, 2.05) is 0 Å². The lowest BCUT2D eigenvalue weighted by molar-refractivity contribution is -0.145. The molecule has 2 nitrogen and oxygen atoms in total. The molecule has 0 aromatic carbocycles. The van der Waals surface area contributed by atoms with Crippen LogP contribution < -0.4 is 0 Å². The molecule has 0 saturated heterocycles. The molecule has 0 aromatic heterocycles.